The van der Waals surface area contributed by atoms with Gasteiger partial charge in [0.25, 0.3) is 0 Å². The SMILES string of the molecule is C/C=N\NC(=S)NCCNC(=S)N/N=C(\C)C(C)=O.CC(C)=O. The van der Waals surface area contributed by atoms with Gasteiger partial charge in [-0.1, -0.05) is 0 Å². The molecule has 23 heavy (non-hydrogen) atoms. The first-order valence-corrected chi connectivity index (χ1v) is 7.60. The number of ketones is 2. The van der Waals surface area contributed by atoms with Crippen LogP contribution in [0.15, 0.2) is 10.2 Å². The number of rotatable bonds is 6. The van der Waals surface area contributed by atoms with Crippen molar-refractivity contribution in [2.75, 3.05) is 13.1 Å². The summed E-state index contributed by atoms with van der Waals surface area (Å²) in [6, 6.07) is 0. The average molecular weight is 361 g/mol. The van der Waals surface area contributed by atoms with Gasteiger partial charge >= 0.3 is 0 Å². The van der Waals surface area contributed by atoms with E-state index in [-0.39, 0.29) is 11.6 Å². The molecule has 0 aromatic carbocycles. The Labute approximate surface area is 147 Å². The number of nitrogens with zero attached hydrogens (tertiary/aromatic N) is 2. The minimum absolute atomic E-state index is 0.107. The zero-order valence-electron chi connectivity index (χ0n) is 14.0. The zero-order chi connectivity index (χ0) is 18.3. The fourth-order valence-corrected chi connectivity index (χ4v) is 1.07. The quantitative estimate of drug-likeness (QED) is 0.235. The number of hydrogen-bond acceptors (Lipinski definition) is 6. The molecular formula is C13H24N6O2S2. The lowest BCUT2D eigenvalue weighted by molar-refractivity contribution is -0.115. The maximum atomic E-state index is 10.9. The predicted molar refractivity (Wildman–Crippen MR) is 102 cm³/mol. The third-order valence-electron chi connectivity index (χ3n) is 1.83. The van der Waals surface area contributed by atoms with Gasteiger partial charge in [0.2, 0.25) is 0 Å². The molecule has 8 nitrogen and oxygen atoms in total. The number of carbonyl (C=O) groups is 2. The first kappa shape index (κ1) is 23.3. The van der Waals surface area contributed by atoms with E-state index in [1.165, 1.54) is 20.8 Å². The van der Waals surface area contributed by atoms with Crippen LogP contribution in [0.25, 0.3) is 0 Å². The monoisotopic (exact) mass is 360 g/mol. The molecule has 130 valence electrons. The highest BCUT2D eigenvalue weighted by Gasteiger charge is 1.98. The van der Waals surface area contributed by atoms with Gasteiger partial charge in [-0.25, -0.2) is 0 Å². The number of nitrogens with one attached hydrogen (secondary N) is 4. The Balaban J connectivity index is 0. The van der Waals surface area contributed by atoms with E-state index in [0.717, 1.165) is 0 Å². The van der Waals surface area contributed by atoms with E-state index in [2.05, 4.69) is 31.7 Å². The number of Topliss-reactive ketones (excluding diaryl/α,β-unsaturated/α-hetero) is 2. The van der Waals surface area contributed by atoms with Gasteiger partial charge in [0.05, 0.1) is 0 Å². The minimum Gasteiger partial charge on any atom is -0.360 e. The standard InChI is InChI=1S/C10H18N6OS2.C3H6O/c1-4-13-15-9(18)11-5-6-12-10(19)16-14-7(2)8(3)17;1-3(2)4/h4H,5-6H2,1-3H3,(H2,11,15,18)(H2,12,16,19);1-2H3/b13-4-,14-7+;. The van der Waals surface area contributed by atoms with Gasteiger partial charge in [-0.15, -0.1) is 0 Å². The first-order chi connectivity index (χ1) is 10.7. The van der Waals surface area contributed by atoms with Gasteiger partial charge in [-0.05, 0) is 52.1 Å². The lowest BCUT2D eigenvalue weighted by Gasteiger charge is -2.09. The highest BCUT2D eigenvalue weighted by atomic mass is 32.1. The van der Waals surface area contributed by atoms with Gasteiger partial charge in [0.15, 0.2) is 16.0 Å². The molecule has 0 amide bonds. The summed E-state index contributed by atoms with van der Waals surface area (Å²) in [5, 5.41) is 14.2. The molecule has 0 fully saturated rings. The summed E-state index contributed by atoms with van der Waals surface area (Å²) < 4.78 is 0. The minimum atomic E-state index is -0.107. The molecule has 0 aromatic rings. The van der Waals surface area contributed by atoms with E-state index in [1.54, 1.807) is 20.1 Å². The van der Waals surface area contributed by atoms with Crippen LogP contribution in [0.3, 0.4) is 0 Å². The topological polar surface area (TPSA) is 107 Å². The van der Waals surface area contributed by atoms with Crippen molar-refractivity contribution in [3.8, 4) is 0 Å². The van der Waals surface area contributed by atoms with Gasteiger partial charge in [0, 0.05) is 26.2 Å². The Hall–Kier alpha value is -1.94. The van der Waals surface area contributed by atoms with E-state index in [4.69, 9.17) is 24.4 Å². The molecule has 0 radical (unpaired) electrons. The van der Waals surface area contributed by atoms with Crippen LogP contribution < -0.4 is 21.5 Å². The molecule has 0 rings (SSSR count). The number of hydrazone groups is 2. The molecule has 0 aliphatic heterocycles. The lowest BCUT2D eigenvalue weighted by Crippen LogP contribution is -2.40. The molecule has 0 aromatic heterocycles. The van der Waals surface area contributed by atoms with Crippen molar-refractivity contribution in [1.29, 1.82) is 0 Å². The maximum absolute atomic E-state index is 10.9. The fraction of sp³-hybridized carbons (Fsp3) is 0.538. The summed E-state index contributed by atoms with van der Waals surface area (Å²) in [4.78, 5) is 20.3. The molecule has 0 aliphatic rings. The predicted octanol–water partition coefficient (Wildman–Crippen LogP) is 0.481. The van der Waals surface area contributed by atoms with Crippen molar-refractivity contribution >= 4 is 58.2 Å². The normalized spacial score (nSPS) is 10.2. The molecule has 0 saturated carbocycles. The van der Waals surface area contributed by atoms with Crippen LogP contribution in [-0.4, -0.2) is 46.8 Å². The Kier molecular flexibility index (Phi) is 15.2. The Morgan fingerprint density at radius 2 is 1.39 bits per heavy atom. The van der Waals surface area contributed by atoms with Crippen LogP contribution in [0.1, 0.15) is 34.6 Å². The summed E-state index contributed by atoms with van der Waals surface area (Å²) in [6.45, 7) is 9.01. The molecule has 0 unspecified atom stereocenters. The third kappa shape index (κ3) is 20.1. The van der Waals surface area contributed by atoms with Crippen molar-refractivity contribution < 1.29 is 9.59 Å². The van der Waals surface area contributed by atoms with Crippen molar-refractivity contribution in [3.63, 3.8) is 0 Å². The van der Waals surface area contributed by atoms with E-state index in [1.807, 2.05) is 0 Å². The van der Waals surface area contributed by atoms with Crippen LogP contribution in [0.2, 0.25) is 0 Å². The van der Waals surface area contributed by atoms with Crippen LogP contribution in [0, 0.1) is 0 Å². The third-order valence-corrected chi connectivity index (χ3v) is 2.30. The van der Waals surface area contributed by atoms with Crippen LogP contribution in [0.5, 0.6) is 0 Å². The Morgan fingerprint density at radius 1 is 0.957 bits per heavy atom. The second kappa shape index (κ2) is 15.0. The van der Waals surface area contributed by atoms with E-state index < -0.39 is 0 Å². The van der Waals surface area contributed by atoms with Gasteiger partial charge in [0.1, 0.15) is 11.5 Å². The van der Waals surface area contributed by atoms with Gasteiger partial charge < -0.3 is 15.4 Å². The largest absolute Gasteiger partial charge is 0.360 e. The maximum Gasteiger partial charge on any atom is 0.187 e. The molecule has 0 saturated heterocycles. The summed E-state index contributed by atoms with van der Waals surface area (Å²) in [7, 11) is 0. The average Bonchev–Trinajstić information content (AvgIpc) is 2.46. The second-order valence-electron chi connectivity index (χ2n) is 4.28. The molecule has 0 atom stereocenters. The van der Waals surface area contributed by atoms with E-state index in [0.29, 0.717) is 29.0 Å². The number of hydrogen-bond donors (Lipinski definition) is 4. The smallest absolute Gasteiger partial charge is 0.187 e. The molecule has 0 aliphatic carbocycles. The Morgan fingerprint density at radius 3 is 1.78 bits per heavy atom. The van der Waals surface area contributed by atoms with Crippen molar-refractivity contribution in [1.82, 2.24) is 21.5 Å². The molecule has 4 N–H and O–H groups in total. The lowest BCUT2D eigenvalue weighted by atomic mass is 10.3. The highest BCUT2D eigenvalue weighted by Crippen LogP contribution is 1.77. The summed E-state index contributed by atoms with van der Waals surface area (Å²) in [5.41, 5.74) is 5.57. The molecule has 0 spiro atoms. The highest BCUT2D eigenvalue weighted by molar-refractivity contribution is 7.80. The summed E-state index contributed by atoms with van der Waals surface area (Å²) in [5.74, 6) is 0.0601. The summed E-state index contributed by atoms with van der Waals surface area (Å²) >= 11 is 9.91. The van der Waals surface area contributed by atoms with Crippen LogP contribution in [-0.2, 0) is 9.59 Å². The molecule has 0 heterocycles. The molecule has 0 bridgehead atoms. The zero-order valence-corrected chi connectivity index (χ0v) is 15.7. The first-order valence-electron chi connectivity index (χ1n) is 6.78. The Bertz CT molecular complexity index is 473. The second-order valence-corrected chi connectivity index (χ2v) is 5.10. The van der Waals surface area contributed by atoms with Crippen molar-refractivity contribution in [2.45, 2.75) is 34.6 Å². The van der Waals surface area contributed by atoms with E-state index >= 15 is 0 Å². The van der Waals surface area contributed by atoms with E-state index in [9.17, 15) is 9.59 Å². The molecule has 10 heteroatoms. The van der Waals surface area contributed by atoms with Crippen LogP contribution >= 0.6 is 24.4 Å². The van der Waals surface area contributed by atoms with Crippen LogP contribution in [0.4, 0.5) is 0 Å². The number of carbonyl (C=O) groups excluding carboxylic acids is 2. The van der Waals surface area contributed by atoms with Gasteiger partial charge in [-0.3, -0.25) is 15.6 Å². The molecular weight excluding hydrogens is 336 g/mol. The number of thiocarbonyl (C=S) groups is 2. The van der Waals surface area contributed by atoms with Gasteiger partial charge in [-0.2, -0.15) is 10.2 Å². The van der Waals surface area contributed by atoms with Crippen molar-refractivity contribution in [2.24, 2.45) is 10.2 Å². The fourth-order valence-electron chi connectivity index (χ4n) is 0.768. The summed E-state index contributed by atoms with van der Waals surface area (Å²) in [6.07, 6.45) is 1.60. The van der Waals surface area contributed by atoms with Crippen molar-refractivity contribution in [3.05, 3.63) is 0 Å².